The Morgan fingerprint density at radius 2 is 1.89 bits per heavy atom. The van der Waals surface area contributed by atoms with Crippen LogP contribution in [0.25, 0.3) is 6.08 Å². The third-order valence-corrected chi connectivity index (χ3v) is 11.8. The van der Waals surface area contributed by atoms with Crippen molar-refractivity contribution in [1.29, 1.82) is 0 Å². The van der Waals surface area contributed by atoms with Crippen LogP contribution in [0, 0.1) is 17.3 Å². The van der Waals surface area contributed by atoms with Gasteiger partial charge in [-0.25, -0.2) is 4.79 Å². The van der Waals surface area contributed by atoms with Crippen molar-refractivity contribution in [3.63, 3.8) is 0 Å². The van der Waals surface area contributed by atoms with Crippen molar-refractivity contribution >= 4 is 29.8 Å². The van der Waals surface area contributed by atoms with Crippen molar-refractivity contribution in [1.82, 2.24) is 10.6 Å². The Balaban J connectivity index is 1.02. The molecule has 8 unspecified atom stereocenters. The number of hydrogen-bond donors (Lipinski definition) is 3. The molecular weight excluding hydrogens is 692 g/mol. The molecule has 12 heteroatoms. The number of nitrogens with one attached hydrogen (secondary N) is 2. The van der Waals surface area contributed by atoms with E-state index in [1.807, 2.05) is 18.2 Å². The summed E-state index contributed by atoms with van der Waals surface area (Å²) in [5.74, 6) is -0.548. The van der Waals surface area contributed by atoms with Gasteiger partial charge in [-0.15, -0.1) is 0 Å². The smallest absolute Gasteiger partial charge is 0.338 e. The van der Waals surface area contributed by atoms with E-state index in [9.17, 15) is 24.3 Å². The summed E-state index contributed by atoms with van der Waals surface area (Å²) in [6.07, 6.45) is 8.18. The molecular formula is C42H58N2O10. The molecule has 5 aliphatic rings. The predicted octanol–water partition coefficient (Wildman–Crippen LogP) is 5.17. The maximum atomic E-state index is 13.6. The molecule has 54 heavy (non-hydrogen) atoms. The number of amides is 2. The largest absolute Gasteiger partial charge is 0.460 e. The Bertz CT molecular complexity index is 1640. The van der Waals surface area contributed by atoms with Crippen LogP contribution in [0.3, 0.4) is 0 Å². The highest BCUT2D eigenvalue weighted by atomic mass is 16.7. The zero-order valence-corrected chi connectivity index (χ0v) is 32.6. The standard InChI is InChI=1S/C42H58N2O10/c1-40(2,3)54-36(47)13-11-29(23-45)44-35(46)15-17-43-38(48)28-20-32-37(51-24-50-32)33(21-28)52-39(49)27-9-7-8-25(19-27)18-26-10-12-34-42(6,53-34)16-14-31-30(26)22-41(31,4)5/h7-9,18-20,29-34,37,45H,10-17,21-24H2,1-6H3,(H,43,48)(H,44,46). The highest BCUT2D eigenvalue weighted by Gasteiger charge is 2.56. The maximum Gasteiger partial charge on any atom is 0.338 e. The van der Waals surface area contributed by atoms with Crippen LogP contribution >= 0.6 is 0 Å². The molecule has 1 aromatic rings. The van der Waals surface area contributed by atoms with Crippen molar-refractivity contribution in [2.75, 3.05) is 19.9 Å². The quantitative estimate of drug-likeness (QED) is 0.192. The fraction of sp³-hybridized carbons (Fsp3) is 0.667. The number of rotatable bonds is 12. The molecule has 2 saturated carbocycles. The highest BCUT2D eigenvalue weighted by Crippen LogP contribution is 2.59. The lowest BCUT2D eigenvalue weighted by atomic mass is 9.52. The maximum absolute atomic E-state index is 13.6. The molecule has 1 aromatic carbocycles. The van der Waals surface area contributed by atoms with Crippen LogP contribution in [-0.4, -0.2) is 90.5 Å². The minimum atomic E-state index is -0.753. The molecule has 2 aliphatic heterocycles. The summed E-state index contributed by atoms with van der Waals surface area (Å²) < 4.78 is 28.9. The molecule has 0 aromatic heterocycles. The zero-order valence-electron chi connectivity index (χ0n) is 32.6. The van der Waals surface area contributed by atoms with Gasteiger partial charge in [0.2, 0.25) is 11.8 Å². The molecule has 0 bridgehead atoms. The van der Waals surface area contributed by atoms with E-state index in [0.29, 0.717) is 34.5 Å². The Kier molecular flexibility index (Phi) is 12.1. The number of hydrogen-bond acceptors (Lipinski definition) is 10. The molecule has 0 spiro atoms. The molecule has 2 amide bonds. The third-order valence-electron chi connectivity index (χ3n) is 11.8. The number of aliphatic hydroxyl groups excluding tert-OH is 1. The van der Waals surface area contributed by atoms with Crippen LogP contribution in [0.1, 0.15) is 115 Å². The predicted molar refractivity (Wildman–Crippen MR) is 200 cm³/mol. The van der Waals surface area contributed by atoms with E-state index >= 15 is 0 Å². The lowest BCUT2D eigenvalue weighted by Crippen LogP contribution is -2.45. The molecule has 2 heterocycles. The highest BCUT2D eigenvalue weighted by molar-refractivity contribution is 5.94. The lowest BCUT2D eigenvalue weighted by molar-refractivity contribution is -0.155. The average Bonchev–Trinajstić information content (AvgIpc) is 3.47. The summed E-state index contributed by atoms with van der Waals surface area (Å²) in [4.78, 5) is 51.4. The second-order valence-corrected chi connectivity index (χ2v) is 17.5. The van der Waals surface area contributed by atoms with Crippen LogP contribution in [-0.2, 0) is 38.1 Å². The fourth-order valence-electron chi connectivity index (χ4n) is 8.70. The monoisotopic (exact) mass is 750 g/mol. The second kappa shape index (κ2) is 16.3. The van der Waals surface area contributed by atoms with E-state index < -0.39 is 47.8 Å². The Morgan fingerprint density at radius 1 is 1.09 bits per heavy atom. The Hall–Kier alpha value is -3.58. The summed E-state index contributed by atoms with van der Waals surface area (Å²) >= 11 is 0. The van der Waals surface area contributed by atoms with Gasteiger partial charge >= 0.3 is 11.9 Å². The number of benzene rings is 1. The van der Waals surface area contributed by atoms with Gasteiger partial charge in [-0.1, -0.05) is 37.6 Å². The third kappa shape index (κ3) is 9.80. The molecule has 3 N–H and O–H groups in total. The van der Waals surface area contributed by atoms with Gasteiger partial charge in [-0.2, -0.15) is 0 Å². The van der Waals surface area contributed by atoms with Crippen LogP contribution in [0.15, 0.2) is 41.5 Å². The van der Waals surface area contributed by atoms with E-state index in [0.717, 1.165) is 37.7 Å². The van der Waals surface area contributed by atoms with Crippen LogP contribution < -0.4 is 10.6 Å². The summed E-state index contributed by atoms with van der Waals surface area (Å²) in [5, 5.41) is 15.1. The van der Waals surface area contributed by atoms with Gasteiger partial charge in [0.15, 0.2) is 0 Å². The number of carbonyl (C=O) groups is 4. The second-order valence-electron chi connectivity index (χ2n) is 17.5. The minimum absolute atomic E-state index is 0.0159. The number of carbonyl (C=O) groups excluding carboxylic acids is 4. The van der Waals surface area contributed by atoms with Gasteiger partial charge in [0, 0.05) is 31.4 Å². The SMILES string of the molecule is CC(C)(C)OC(=O)CCC(CO)NC(=O)CCNC(=O)C1=CC2OCOC2C(OC(=O)c2cccc(C=C3CCC4OC4(C)CCC4C3CC4(C)C)c2)C1. The molecule has 3 aliphatic carbocycles. The summed E-state index contributed by atoms with van der Waals surface area (Å²) in [5.41, 5.74) is 2.89. The topological polar surface area (TPSA) is 162 Å². The first kappa shape index (κ1) is 40.1. The van der Waals surface area contributed by atoms with E-state index in [-0.39, 0.29) is 57.1 Å². The van der Waals surface area contributed by atoms with E-state index in [4.69, 9.17) is 23.7 Å². The number of aliphatic hydroxyl groups is 1. The van der Waals surface area contributed by atoms with E-state index in [2.05, 4.69) is 37.5 Å². The first-order chi connectivity index (χ1) is 25.5. The van der Waals surface area contributed by atoms with Crippen LogP contribution in [0.5, 0.6) is 0 Å². The number of esters is 2. The van der Waals surface area contributed by atoms with Crippen molar-refractivity contribution in [3.8, 4) is 0 Å². The summed E-state index contributed by atoms with van der Waals surface area (Å²) in [7, 11) is 0. The zero-order chi connectivity index (χ0) is 38.8. The van der Waals surface area contributed by atoms with Crippen molar-refractivity contribution < 1.29 is 48.0 Å². The average molecular weight is 751 g/mol. The molecule has 8 atom stereocenters. The van der Waals surface area contributed by atoms with Gasteiger partial charge < -0.3 is 39.4 Å². The molecule has 6 rings (SSSR count). The van der Waals surface area contributed by atoms with Crippen LogP contribution in [0.4, 0.5) is 0 Å². The van der Waals surface area contributed by atoms with Crippen molar-refractivity contribution in [3.05, 3.63) is 52.6 Å². The molecule has 296 valence electrons. The molecule has 0 radical (unpaired) electrons. The first-order valence-electron chi connectivity index (χ1n) is 19.6. The van der Waals surface area contributed by atoms with E-state index in [1.165, 1.54) is 5.57 Å². The number of fused-ring (bicyclic) bond motifs is 3. The summed E-state index contributed by atoms with van der Waals surface area (Å²) in [6.45, 7) is 12.0. The van der Waals surface area contributed by atoms with Crippen molar-refractivity contribution in [2.45, 2.75) is 141 Å². The van der Waals surface area contributed by atoms with Crippen molar-refractivity contribution in [2.24, 2.45) is 17.3 Å². The van der Waals surface area contributed by atoms with Gasteiger partial charge in [0.1, 0.15) is 30.7 Å². The molecule has 2 saturated heterocycles. The van der Waals surface area contributed by atoms with Gasteiger partial charge in [-0.05, 0) is 107 Å². The van der Waals surface area contributed by atoms with Gasteiger partial charge in [0.25, 0.3) is 0 Å². The fourth-order valence-corrected chi connectivity index (χ4v) is 8.70. The normalized spacial score (nSPS) is 31.1. The summed E-state index contributed by atoms with van der Waals surface area (Å²) in [6, 6.07) is 6.89. The lowest BCUT2D eigenvalue weighted by Gasteiger charge is -2.53. The molecule has 4 fully saturated rings. The van der Waals surface area contributed by atoms with Gasteiger partial charge in [-0.3, -0.25) is 14.4 Å². The van der Waals surface area contributed by atoms with Crippen LogP contribution in [0.2, 0.25) is 0 Å². The van der Waals surface area contributed by atoms with Gasteiger partial charge in [0.05, 0.1) is 29.9 Å². The minimum Gasteiger partial charge on any atom is -0.460 e. The number of ether oxygens (including phenoxy) is 5. The Morgan fingerprint density at radius 3 is 2.63 bits per heavy atom. The number of allylic oxidation sites excluding steroid dienone is 1. The molecule has 12 nitrogen and oxygen atoms in total. The van der Waals surface area contributed by atoms with E-state index in [1.54, 1.807) is 32.9 Å². The number of epoxide rings is 1. The first-order valence-corrected chi connectivity index (χ1v) is 19.6. The Labute approximate surface area is 318 Å².